The van der Waals surface area contributed by atoms with Gasteiger partial charge >= 0.3 is 5.97 Å². The first-order chi connectivity index (χ1) is 19.6. The van der Waals surface area contributed by atoms with Crippen molar-refractivity contribution in [2.45, 2.75) is 56.5 Å². The maximum absolute atomic E-state index is 11.0. The highest BCUT2D eigenvalue weighted by Crippen LogP contribution is 2.37. The molecule has 0 spiro atoms. The standard InChI is InChI=1S/C32H32N6O2/c39-31(40)15-20-1-3-21(4-2-20)22-5-7-23(8-6-22)27-11-10-26(18-33-27)32-36-28-12-9-24(16-29(28)37-32)25-13-14-38-30(17-25)34-19-35-38/h5-14,16,18-21,25,28-29H,1-4,15,17H2,(H,36,37)(H,39,40). The molecule has 3 aromatic rings. The van der Waals surface area contributed by atoms with Crippen molar-refractivity contribution in [3.63, 3.8) is 0 Å². The molecule has 0 saturated heterocycles. The SMILES string of the molecule is O=C(O)CC1CCC(c2ccc(-c3ccc(C4=NC5C=CC(C6C=Cn7ncnc7C6)=CC5N4)cn3)cc2)CC1. The minimum Gasteiger partial charge on any atom is -0.481 e. The number of pyridine rings is 1. The van der Waals surface area contributed by atoms with Crippen molar-refractivity contribution >= 4 is 18.0 Å². The number of aliphatic imine (C=N–C) groups is 1. The maximum atomic E-state index is 11.0. The molecule has 3 unspecified atom stereocenters. The lowest BCUT2D eigenvalue weighted by atomic mass is 9.77. The highest BCUT2D eigenvalue weighted by molar-refractivity contribution is 6.00. The molecule has 0 radical (unpaired) electrons. The average Bonchev–Trinajstić information content (AvgIpc) is 3.64. The number of aromatic nitrogens is 4. The molecular weight excluding hydrogens is 500 g/mol. The van der Waals surface area contributed by atoms with E-state index in [2.05, 4.69) is 76.1 Å². The van der Waals surface area contributed by atoms with Crippen LogP contribution >= 0.6 is 0 Å². The molecule has 0 bridgehead atoms. The Bertz CT molecular complexity index is 1520. The Labute approximate surface area is 233 Å². The van der Waals surface area contributed by atoms with Crippen LogP contribution in [0.1, 0.15) is 55.0 Å². The molecule has 8 nitrogen and oxygen atoms in total. The summed E-state index contributed by atoms with van der Waals surface area (Å²) in [5.41, 5.74) is 5.64. The van der Waals surface area contributed by atoms with E-state index >= 15 is 0 Å². The summed E-state index contributed by atoms with van der Waals surface area (Å²) >= 11 is 0. The van der Waals surface area contributed by atoms with E-state index in [0.717, 1.165) is 60.6 Å². The molecule has 2 aliphatic heterocycles. The van der Waals surface area contributed by atoms with Gasteiger partial charge < -0.3 is 10.4 Å². The summed E-state index contributed by atoms with van der Waals surface area (Å²) in [6, 6.07) is 13.1. The molecule has 2 aromatic heterocycles. The van der Waals surface area contributed by atoms with Gasteiger partial charge in [0, 0.05) is 42.3 Å². The second-order valence-corrected chi connectivity index (χ2v) is 11.3. The molecule has 1 saturated carbocycles. The van der Waals surface area contributed by atoms with E-state index in [0.29, 0.717) is 24.2 Å². The van der Waals surface area contributed by atoms with Crippen molar-refractivity contribution in [2.24, 2.45) is 16.8 Å². The number of nitrogens with one attached hydrogen (secondary N) is 1. The largest absolute Gasteiger partial charge is 0.481 e. The minimum absolute atomic E-state index is 0.0846. The fraction of sp³-hybridized carbons (Fsp3) is 0.344. The summed E-state index contributed by atoms with van der Waals surface area (Å²) in [6.07, 6.45) is 19.6. The molecule has 202 valence electrons. The molecule has 2 N–H and O–H groups in total. The number of carboxylic acids is 1. The van der Waals surface area contributed by atoms with E-state index in [1.165, 1.54) is 11.1 Å². The van der Waals surface area contributed by atoms with Gasteiger partial charge in [0.15, 0.2) is 0 Å². The van der Waals surface area contributed by atoms with Crippen molar-refractivity contribution in [2.75, 3.05) is 0 Å². The number of hydrogen-bond donors (Lipinski definition) is 2. The lowest BCUT2D eigenvalue weighted by molar-refractivity contribution is -0.138. The van der Waals surface area contributed by atoms with Crippen molar-refractivity contribution in [3.05, 3.63) is 95.8 Å². The van der Waals surface area contributed by atoms with Gasteiger partial charge in [0.2, 0.25) is 0 Å². The number of carboxylic acid groups (broad SMARTS) is 1. The van der Waals surface area contributed by atoms with Crippen molar-refractivity contribution in [1.82, 2.24) is 25.1 Å². The van der Waals surface area contributed by atoms with E-state index in [4.69, 9.17) is 15.1 Å². The van der Waals surface area contributed by atoms with Crippen LogP contribution in [0.4, 0.5) is 0 Å². The summed E-state index contributed by atoms with van der Waals surface area (Å²) in [7, 11) is 0. The molecule has 8 heteroatoms. The van der Waals surface area contributed by atoms with Crippen LogP contribution in [0.3, 0.4) is 0 Å². The highest BCUT2D eigenvalue weighted by Gasteiger charge is 2.30. The minimum atomic E-state index is -0.677. The molecular formula is C32H32N6O2. The van der Waals surface area contributed by atoms with Crippen molar-refractivity contribution in [1.29, 1.82) is 0 Å². The van der Waals surface area contributed by atoms with Gasteiger partial charge in [0.05, 0.1) is 17.8 Å². The first-order valence-corrected chi connectivity index (χ1v) is 14.2. The fourth-order valence-electron chi connectivity index (χ4n) is 6.49. The number of aliphatic carboxylic acids is 1. The Morgan fingerprint density at radius 3 is 2.60 bits per heavy atom. The zero-order valence-electron chi connectivity index (χ0n) is 22.2. The molecule has 40 heavy (non-hydrogen) atoms. The van der Waals surface area contributed by atoms with Crippen LogP contribution in [-0.4, -0.2) is 48.7 Å². The molecule has 1 aromatic carbocycles. The zero-order chi connectivity index (χ0) is 27.1. The third-order valence-corrected chi connectivity index (χ3v) is 8.77. The van der Waals surface area contributed by atoms with Gasteiger partial charge in [-0.25, -0.2) is 9.67 Å². The van der Waals surface area contributed by atoms with Crippen LogP contribution in [0, 0.1) is 11.8 Å². The van der Waals surface area contributed by atoms with E-state index in [9.17, 15) is 4.79 Å². The normalized spacial score (nSPS) is 26.9. The number of nitrogens with zero attached hydrogens (tertiary/aromatic N) is 5. The van der Waals surface area contributed by atoms with Crippen molar-refractivity contribution in [3.8, 4) is 11.3 Å². The molecule has 4 heterocycles. The second-order valence-electron chi connectivity index (χ2n) is 11.3. The Hall–Kier alpha value is -4.33. The van der Waals surface area contributed by atoms with Gasteiger partial charge in [-0.1, -0.05) is 48.6 Å². The molecule has 2 aliphatic carbocycles. The van der Waals surface area contributed by atoms with Gasteiger partial charge in [0.1, 0.15) is 18.0 Å². The number of rotatable bonds is 6. The van der Waals surface area contributed by atoms with Gasteiger partial charge in [-0.2, -0.15) is 5.10 Å². The van der Waals surface area contributed by atoms with E-state index in [1.807, 2.05) is 17.1 Å². The fourth-order valence-corrected chi connectivity index (χ4v) is 6.49. The summed E-state index contributed by atoms with van der Waals surface area (Å²) in [6.45, 7) is 0. The number of hydrogen-bond acceptors (Lipinski definition) is 6. The van der Waals surface area contributed by atoms with Crippen LogP contribution < -0.4 is 5.32 Å². The number of benzene rings is 1. The van der Waals surface area contributed by atoms with Crippen LogP contribution in [0.2, 0.25) is 0 Å². The monoisotopic (exact) mass is 532 g/mol. The van der Waals surface area contributed by atoms with Gasteiger partial charge in [-0.3, -0.25) is 14.8 Å². The Morgan fingerprint density at radius 1 is 1.00 bits per heavy atom. The Kier molecular flexibility index (Phi) is 6.38. The summed E-state index contributed by atoms with van der Waals surface area (Å²) in [4.78, 5) is 25.1. The average molecular weight is 533 g/mol. The molecule has 4 aliphatic rings. The molecule has 7 rings (SSSR count). The van der Waals surface area contributed by atoms with Gasteiger partial charge in [0.25, 0.3) is 0 Å². The Balaban J connectivity index is 0.981. The quantitative estimate of drug-likeness (QED) is 0.462. The first kappa shape index (κ1) is 24.7. The molecule has 3 atom stereocenters. The summed E-state index contributed by atoms with van der Waals surface area (Å²) in [5, 5.41) is 16.9. The van der Waals surface area contributed by atoms with Crippen molar-refractivity contribution < 1.29 is 9.90 Å². The first-order valence-electron chi connectivity index (χ1n) is 14.2. The maximum Gasteiger partial charge on any atom is 0.303 e. The van der Waals surface area contributed by atoms with E-state index in [-0.39, 0.29) is 12.1 Å². The van der Waals surface area contributed by atoms with E-state index in [1.54, 1.807) is 6.33 Å². The summed E-state index contributed by atoms with van der Waals surface area (Å²) in [5.74, 6) is 2.32. The Morgan fingerprint density at radius 2 is 1.82 bits per heavy atom. The number of carbonyl (C=O) groups is 1. The third-order valence-electron chi connectivity index (χ3n) is 8.77. The lowest BCUT2D eigenvalue weighted by Crippen LogP contribution is -2.34. The molecule has 1 fully saturated rings. The second kappa shape index (κ2) is 10.3. The van der Waals surface area contributed by atoms with Crippen LogP contribution in [0.15, 0.2) is 83.8 Å². The number of fused-ring (bicyclic) bond motifs is 2. The molecule has 0 amide bonds. The smallest absolute Gasteiger partial charge is 0.303 e. The number of allylic oxidation sites excluding steroid dienone is 3. The predicted molar refractivity (Wildman–Crippen MR) is 154 cm³/mol. The summed E-state index contributed by atoms with van der Waals surface area (Å²) < 4.78 is 1.84. The van der Waals surface area contributed by atoms with E-state index < -0.39 is 5.97 Å². The third kappa shape index (κ3) is 4.90. The number of amidine groups is 1. The zero-order valence-corrected chi connectivity index (χ0v) is 22.2. The highest BCUT2D eigenvalue weighted by atomic mass is 16.4. The van der Waals surface area contributed by atoms with Crippen LogP contribution in [-0.2, 0) is 11.2 Å². The van der Waals surface area contributed by atoms with Gasteiger partial charge in [-0.05, 0) is 60.8 Å². The predicted octanol–water partition coefficient (Wildman–Crippen LogP) is 5.02. The lowest BCUT2D eigenvalue weighted by Gasteiger charge is -2.28. The topological polar surface area (TPSA) is 105 Å². The van der Waals surface area contributed by atoms with Crippen LogP contribution in [0.25, 0.3) is 17.5 Å². The van der Waals surface area contributed by atoms with Gasteiger partial charge in [-0.15, -0.1) is 0 Å². The van der Waals surface area contributed by atoms with Crippen LogP contribution in [0.5, 0.6) is 0 Å².